The molecule has 25 heavy (non-hydrogen) atoms. The molecule has 0 radical (unpaired) electrons. The number of nitrogens with one attached hydrogen (secondary N) is 1. The Bertz CT molecular complexity index is 726. The molecule has 0 atom stereocenters. The fraction of sp³-hybridized carbons (Fsp3) is 0.526. The van der Waals surface area contributed by atoms with Gasteiger partial charge in [-0.1, -0.05) is 0 Å². The van der Waals surface area contributed by atoms with E-state index in [-0.39, 0.29) is 5.91 Å². The van der Waals surface area contributed by atoms with Gasteiger partial charge >= 0.3 is 0 Å². The van der Waals surface area contributed by atoms with Crippen LogP contribution in [0, 0.1) is 12.8 Å². The smallest absolute Gasteiger partial charge is 0.272 e. The predicted octanol–water partition coefficient (Wildman–Crippen LogP) is 2.79. The second kappa shape index (κ2) is 6.96. The molecule has 1 amide bonds. The van der Waals surface area contributed by atoms with Crippen molar-refractivity contribution >= 4 is 5.91 Å². The second-order valence-electron chi connectivity index (χ2n) is 7.57. The average Bonchev–Trinajstić information content (AvgIpc) is 2.96. The minimum absolute atomic E-state index is 0.00171. The number of pyridine rings is 1. The molecule has 2 aromatic heterocycles. The van der Waals surface area contributed by atoms with Crippen LogP contribution in [0.4, 0.5) is 0 Å². The molecule has 2 N–H and O–H groups in total. The van der Waals surface area contributed by atoms with Gasteiger partial charge in [0.05, 0.1) is 11.3 Å². The molecule has 0 aromatic carbocycles. The van der Waals surface area contributed by atoms with Gasteiger partial charge in [-0.05, 0) is 58.1 Å². The van der Waals surface area contributed by atoms with Gasteiger partial charge in [-0.25, -0.2) is 0 Å². The van der Waals surface area contributed by atoms with Gasteiger partial charge in [-0.2, -0.15) is 5.10 Å². The van der Waals surface area contributed by atoms with Crippen LogP contribution >= 0.6 is 0 Å². The van der Waals surface area contributed by atoms with Gasteiger partial charge in [0.2, 0.25) is 0 Å². The van der Waals surface area contributed by atoms with Gasteiger partial charge in [0.1, 0.15) is 5.69 Å². The van der Waals surface area contributed by atoms with E-state index in [0.717, 1.165) is 49.2 Å². The van der Waals surface area contributed by atoms with Crippen molar-refractivity contribution in [2.24, 2.45) is 5.92 Å². The number of carbonyl (C=O) groups excluding carboxylic acids is 1. The molecule has 6 heteroatoms. The number of aromatic amines is 1. The zero-order chi connectivity index (χ0) is 18.0. The van der Waals surface area contributed by atoms with Gasteiger partial charge in [0.15, 0.2) is 0 Å². The van der Waals surface area contributed by atoms with Crippen molar-refractivity contribution in [2.45, 2.75) is 45.6 Å². The highest BCUT2D eigenvalue weighted by atomic mass is 16.3. The summed E-state index contributed by atoms with van der Waals surface area (Å²) in [4.78, 5) is 18.8. The summed E-state index contributed by atoms with van der Waals surface area (Å²) >= 11 is 0. The summed E-state index contributed by atoms with van der Waals surface area (Å²) in [7, 11) is 0. The lowest BCUT2D eigenvalue weighted by molar-refractivity contribution is 0.0356. The number of aliphatic hydroxyl groups is 1. The highest BCUT2D eigenvalue weighted by molar-refractivity contribution is 5.95. The molecular weight excluding hydrogens is 316 g/mol. The first-order valence-electron chi connectivity index (χ1n) is 8.82. The summed E-state index contributed by atoms with van der Waals surface area (Å²) in [6.07, 6.45) is 6.11. The fourth-order valence-corrected chi connectivity index (χ4v) is 3.59. The van der Waals surface area contributed by atoms with Crippen LogP contribution in [0.3, 0.4) is 0 Å². The summed E-state index contributed by atoms with van der Waals surface area (Å²) < 4.78 is 0. The Morgan fingerprint density at radius 1 is 1.40 bits per heavy atom. The maximum absolute atomic E-state index is 12.8. The first-order chi connectivity index (χ1) is 11.8. The van der Waals surface area contributed by atoms with Crippen LogP contribution in [-0.2, 0) is 0 Å². The number of piperidine rings is 1. The van der Waals surface area contributed by atoms with Gasteiger partial charge in [0.25, 0.3) is 5.91 Å². The lowest BCUT2D eigenvalue weighted by Crippen LogP contribution is -2.40. The number of H-pyrrole nitrogens is 1. The van der Waals surface area contributed by atoms with Crippen molar-refractivity contribution < 1.29 is 9.90 Å². The van der Waals surface area contributed by atoms with Crippen LogP contribution in [0.2, 0.25) is 0 Å². The van der Waals surface area contributed by atoms with E-state index < -0.39 is 5.60 Å². The minimum atomic E-state index is -0.643. The van der Waals surface area contributed by atoms with Gasteiger partial charge < -0.3 is 10.0 Å². The third-order valence-corrected chi connectivity index (χ3v) is 4.85. The first-order valence-corrected chi connectivity index (χ1v) is 8.82. The maximum atomic E-state index is 12.8. The highest BCUT2D eigenvalue weighted by Gasteiger charge is 2.29. The molecule has 1 saturated heterocycles. The third-order valence-electron chi connectivity index (χ3n) is 4.85. The number of amides is 1. The van der Waals surface area contributed by atoms with Gasteiger partial charge in [0, 0.05) is 36.6 Å². The number of hydrogen-bond donors (Lipinski definition) is 2. The molecule has 0 spiro atoms. The quantitative estimate of drug-likeness (QED) is 0.895. The number of hydrogen-bond acceptors (Lipinski definition) is 4. The van der Waals surface area contributed by atoms with Gasteiger partial charge in [-0.15, -0.1) is 0 Å². The van der Waals surface area contributed by atoms with Crippen molar-refractivity contribution in [3.8, 4) is 11.3 Å². The first kappa shape index (κ1) is 17.6. The largest absolute Gasteiger partial charge is 0.390 e. The van der Waals surface area contributed by atoms with E-state index in [1.165, 1.54) is 0 Å². The maximum Gasteiger partial charge on any atom is 0.272 e. The van der Waals surface area contributed by atoms with Crippen molar-refractivity contribution in [3.05, 3.63) is 35.8 Å². The third kappa shape index (κ3) is 4.07. The molecule has 1 aliphatic heterocycles. The second-order valence-corrected chi connectivity index (χ2v) is 7.57. The van der Waals surface area contributed by atoms with Crippen LogP contribution in [-0.4, -0.2) is 49.8 Å². The van der Waals surface area contributed by atoms with Crippen LogP contribution in [0.1, 0.15) is 49.2 Å². The van der Waals surface area contributed by atoms with E-state index >= 15 is 0 Å². The Labute approximate surface area is 148 Å². The molecule has 0 saturated carbocycles. The Hall–Kier alpha value is -2.21. The Kier molecular flexibility index (Phi) is 4.90. The van der Waals surface area contributed by atoms with Crippen molar-refractivity contribution in [2.75, 3.05) is 13.1 Å². The normalized spacial score (nSPS) is 16.2. The summed E-state index contributed by atoms with van der Waals surface area (Å²) in [5.41, 5.74) is 2.44. The molecule has 134 valence electrons. The molecule has 2 aromatic rings. The summed E-state index contributed by atoms with van der Waals surface area (Å²) in [6.45, 7) is 7.05. The predicted molar refractivity (Wildman–Crippen MR) is 96.1 cm³/mol. The number of likely N-dealkylation sites (tertiary alicyclic amines) is 1. The van der Waals surface area contributed by atoms with Crippen LogP contribution in [0.25, 0.3) is 11.3 Å². The molecular formula is C19H26N4O2. The molecule has 0 unspecified atom stereocenters. The molecule has 0 bridgehead atoms. The van der Waals surface area contributed by atoms with Crippen molar-refractivity contribution in [3.63, 3.8) is 0 Å². The van der Waals surface area contributed by atoms with E-state index in [9.17, 15) is 9.90 Å². The zero-order valence-corrected chi connectivity index (χ0v) is 15.1. The summed E-state index contributed by atoms with van der Waals surface area (Å²) in [5.74, 6) is 0.472. The molecule has 0 aliphatic carbocycles. The highest BCUT2D eigenvalue weighted by Crippen LogP contribution is 2.28. The van der Waals surface area contributed by atoms with Crippen molar-refractivity contribution in [1.82, 2.24) is 20.1 Å². The number of carbonyl (C=O) groups is 1. The van der Waals surface area contributed by atoms with Crippen LogP contribution < -0.4 is 0 Å². The number of nitrogens with zero attached hydrogens (tertiary/aromatic N) is 3. The van der Waals surface area contributed by atoms with Crippen molar-refractivity contribution in [1.29, 1.82) is 0 Å². The Morgan fingerprint density at radius 3 is 2.72 bits per heavy atom. The van der Waals surface area contributed by atoms with E-state index in [2.05, 4.69) is 15.2 Å². The minimum Gasteiger partial charge on any atom is -0.390 e. The lowest BCUT2D eigenvalue weighted by Gasteiger charge is -2.34. The molecule has 3 heterocycles. The molecule has 3 rings (SSSR count). The van der Waals surface area contributed by atoms with E-state index in [1.54, 1.807) is 12.4 Å². The summed E-state index contributed by atoms with van der Waals surface area (Å²) in [6, 6.07) is 3.80. The van der Waals surface area contributed by atoms with Gasteiger partial charge in [-0.3, -0.25) is 14.9 Å². The fourth-order valence-electron chi connectivity index (χ4n) is 3.59. The lowest BCUT2D eigenvalue weighted by atomic mass is 9.86. The number of rotatable bonds is 4. The summed E-state index contributed by atoms with van der Waals surface area (Å²) in [5, 5.41) is 17.2. The van der Waals surface area contributed by atoms with E-state index in [4.69, 9.17) is 0 Å². The standard InChI is InChI=1S/C19H26N4O2/c1-13-16(15-5-4-8-20-12-15)21-22-17(13)18(24)23-9-6-14(7-10-23)11-19(2,3)25/h4-5,8,12,14,25H,6-7,9-11H2,1-3H3,(H,21,22). The number of aromatic nitrogens is 3. The van der Waals surface area contributed by atoms with E-state index in [1.807, 2.05) is 37.8 Å². The Morgan fingerprint density at radius 2 is 2.12 bits per heavy atom. The monoisotopic (exact) mass is 342 g/mol. The average molecular weight is 342 g/mol. The SMILES string of the molecule is Cc1c(-c2cccnc2)n[nH]c1C(=O)N1CCC(CC(C)(C)O)CC1. The molecule has 1 aliphatic rings. The van der Waals surface area contributed by atoms with E-state index in [0.29, 0.717) is 11.6 Å². The van der Waals surface area contributed by atoms with Crippen LogP contribution in [0.5, 0.6) is 0 Å². The zero-order valence-electron chi connectivity index (χ0n) is 15.1. The topological polar surface area (TPSA) is 82.1 Å². The van der Waals surface area contributed by atoms with Crippen LogP contribution in [0.15, 0.2) is 24.5 Å². The molecule has 6 nitrogen and oxygen atoms in total. The Balaban J connectivity index is 1.68. The molecule has 1 fully saturated rings.